The van der Waals surface area contributed by atoms with Crippen LogP contribution in [0, 0.1) is 0 Å². The number of hydrogen-bond acceptors (Lipinski definition) is 2. The van der Waals surface area contributed by atoms with Gasteiger partial charge in [0.25, 0.3) is 0 Å². The molecule has 0 fully saturated rings. The number of anilines is 2. The van der Waals surface area contributed by atoms with Crippen LogP contribution in [-0.4, -0.2) is 11.0 Å². The molecule has 0 aromatic heterocycles. The minimum absolute atomic E-state index is 0.439. The minimum atomic E-state index is -0.466. The summed E-state index contributed by atoms with van der Waals surface area (Å²) in [5, 5.41) is 6.65. The average Bonchev–Trinajstić information content (AvgIpc) is 2.47. The molecule has 1 amide bonds. The fourth-order valence-corrected chi connectivity index (χ4v) is 2.25. The molecule has 2 aromatic rings. The maximum absolute atomic E-state index is 11.2. The normalized spacial score (nSPS) is 10.3. The summed E-state index contributed by atoms with van der Waals surface area (Å²) >= 11 is 5.30. The summed E-state index contributed by atoms with van der Waals surface area (Å²) in [5.41, 5.74) is 8.59. The third-order valence-corrected chi connectivity index (χ3v) is 3.42. The molecule has 22 heavy (non-hydrogen) atoms. The van der Waals surface area contributed by atoms with Crippen LogP contribution in [0.15, 0.2) is 48.5 Å². The SMILES string of the molecule is CC(C)c1cccc(NC(=S)Nc2cccc(C(N)=O)c2)c1. The number of carbonyl (C=O) groups excluding carboxylic acids is 1. The number of rotatable bonds is 4. The molecule has 0 aliphatic heterocycles. The fraction of sp³-hybridized carbons (Fsp3) is 0.176. The predicted octanol–water partition coefficient (Wildman–Crippen LogP) is 3.72. The Balaban J connectivity index is 2.05. The topological polar surface area (TPSA) is 67.2 Å². The highest BCUT2D eigenvalue weighted by molar-refractivity contribution is 7.80. The van der Waals surface area contributed by atoms with E-state index in [4.69, 9.17) is 18.0 Å². The lowest BCUT2D eigenvalue weighted by Gasteiger charge is -2.13. The third-order valence-electron chi connectivity index (χ3n) is 3.22. The third kappa shape index (κ3) is 4.30. The summed E-state index contributed by atoms with van der Waals surface area (Å²) in [7, 11) is 0. The van der Waals surface area contributed by atoms with Gasteiger partial charge in [-0.05, 0) is 54.0 Å². The highest BCUT2D eigenvalue weighted by atomic mass is 32.1. The molecule has 114 valence electrons. The molecule has 0 unspecified atom stereocenters. The molecule has 0 saturated heterocycles. The van der Waals surface area contributed by atoms with Crippen molar-refractivity contribution in [3.63, 3.8) is 0 Å². The van der Waals surface area contributed by atoms with Crippen molar-refractivity contribution in [1.82, 2.24) is 0 Å². The molecule has 5 heteroatoms. The highest BCUT2D eigenvalue weighted by Gasteiger charge is 2.04. The Morgan fingerprint density at radius 1 is 1.05 bits per heavy atom. The molecule has 4 nitrogen and oxygen atoms in total. The first-order chi connectivity index (χ1) is 10.5. The van der Waals surface area contributed by atoms with E-state index < -0.39 is 5.91 Å². The lowest BCUT2D eigenvalue weighted by molar-refractivity contribution is 0.100. The number of nitrogens with two attached hydrogens (primary N) is 1. The smallest absolute Gasteiger partial charge is 0.248 e. The Labute approximate surface area is 135 Å². The van der Waals surface area contributed by atoms with Gasteiger partial charge in [-0.15, -0.1) is 0 Å². The maximum Gasteiger partial charge on any atom is 0.248 e. The Bertz CT molecular complexity index is 698. The van der Waals surface area contributed by atoms with Gasteiger partial charge in [-0.1, -0.05) is 32.0 Å². The van der Waals surface area contributed by atoms with E-state index in [9.17, 15) is 4.79 Å². The van der Waals surface area contributed by atoms with E-state index in [0.29, 0.717) is 22.3 Å². The molecule has 4 N–H and O–H groups in total. The van der Waals surface area contributed by atoms with Crippen LogP contribution in [0.3, 0.4) is 0 Å². The summed E-state index contributed by atoms with van der Waals surface area (Å²) in [6.07, 6.45) is 0. The average molecular weight is 313 g/mol. The second kappa shape index (κ2) is 7.04. The second-order valence-corrected chi connectivity index (χ2v) is 5.71. The van der Waals surface area contributed by atoms with E-state index >= 15 is 0 Å². The number of thiocarbonyl (C=S) groups is 1. The molecule has 0 spiro atoms. The number of benzene rings is 2. The van der Waals surface area contributed by atoms with Crippen molar-refractivity contribution in [3.05, 3.63) is 59.7 Å². The van der Waals surface area contributed by atoms with Gasteiger partial charge in [0, 0.05) is 16.9 Å². The monoisotopic (exact) mass is 313 g/mol. The molecule has 0 atom stereocenters. The van der Waals surface area contributed by atoms with Crippen LogP contribution in [-0.2, 0) is 0 Å². The highest BCUT2D eigenvalue weighted by Crippen LogP contribution is 2.19. The van der Waals surface area contributed by atoms with E-state index in [1.807, 2.05) is 18.2 Å². The van der Waals surface area contributed by atoms with Crippen LogP contribution < -0.4 is 16.4 Å². The summed E-state index contributed by atoms with van der Waals surface area (Å²) < 4.78 is 0. The van der Waals surface area contributed by atoms with Crippen molar-refractivity contribution >= 4 is 34.6 Å². The molecule has 0 saturated carbocycles. The zero-order valence-corrected chi connectivity index (χ0v) is 13.4. The van der Waals surface area contributed by atoms with Gasteiger partial charge in [0.05, 0.1) is 0 Å². The van der Waals surface area contributed by atoms with E-state index in [1.165, 1.54) is 5.56 Å². The van der Waals surface area contributed by atoms with Gasteiger partial charge in [-0.25, -0.2) is 0 Å². The lowest BCUT2D eigenvalue weighted by Crippen LogP contribution is -2.19. The fourth-order valence-electron chi connectivity index (χ4n) is 2.02. The number of carbonyl (C=O) groups is 1. The quantitative estimate of drug-likeness (QED) is 0.753. The van der Waals surface area contributed by atoms with Gasteiger partial charge in [0.15, 0.2) is 5.11 Å². The van der Waals surface area contributed by atoms with E-state index in [2.05, 4.69) is 36.6 Å². The van der Waals surface area contributed by atoms with E-state index in [-0.39, 0.29) is 0 Å². The van der Waals surface area contributed by atoms with Crippen LogP contribution in [0.1, 0.15) is 35.7 Å². The first-order valence-electron chi connectivity index (χ1n) is 7.03. The predicted molar refractivity (Wildman–Crippen MR) is 95.3 cm³/mol. The van der Waals surface area contributed by atoms with Gasteiger partial charge in [0.1, 0.15) is 0 Å². The lowest BCUT2D eigenvalue weighted by atomic mass is 10.0. The molecular weight excluding hydrogens is 294 g/mol. The van der Waals surface area contributed by atoms with Crippen molar-refractivity contribution in [1.29, 1.82) is 0 Å². The summed E-state index contributed by atoms with van der Waals surface area (Å²) in [6, 6.07) is 15.0. The molecule has 2 rings (SSSR count). The van der Waals surface area contributed by atoms with Gasteiger partial charge < -0.3 is 16.4 Å². The molecule has 0 aliphatic carbocycles. The summed E-state index contributed by atoms with van der Waals surface area (Å²) in [6.45, 7) is 4.29. The zero-order valence-electron chi connectivity index (χ0n) is 12.6. The number of primary amides is 1. The molecule has 0 heterocycles. The van der Waals surface area contributed by atoms with Gasteiger partial charge in [-0.2, -0.15) is 0 Å². The Morgan fingerprint density at radius 3 is 2.23 bits per heavy atom. The summed E-state index contributed by atoms with van der Waals surface area (Å²) in [4.78, 5) is 11.2. The number of nitrogens with one attached hydrogen (secondary N) is 2. The van der Waals surface area contributed by atoms with Crippen molar-refractivity contribution in [2.75, 3.05) is 10.6 Å². The second-order valence-electron chi connectivity index (χ2n) is 5.30. The Hall–Kier alpha value is -2.40. The minimum Gasteiger partial charge on any atom is -0.366 e. The zero-order chi connectivity index (χ0) is 16.1. The maximum atomic E-state index is 11.2. The van der Waals surface area contributed by atoms with Crippen LogP contribution in [0.5, 0.6) is 0 Å². The van der Waals surface area contributed by atoms with Crippen LogP contribution in [0.4, 0.5) is 11.4 Å². The molecule has 2 aromatic carbocycles. The van der Waals surface area contributed by atoms with Crippen molar-refractivity contribution < 1.29 is 4.79 Å². The first kappa shape index (κ1) is 16.0. The molecule has 0 bridgehead atoms. The molecule has 0 radical (unpaired) electrons. The van der Waals surface area contributed by atoms with E-state index in [1.54, 1.807) is 18.2 Å². The van der Waals surface area contributed by atoms with E-state index in [0.717, 1.165) is 5.69 Å². The standard InChI is InChI=1S/C17H19N3OS/c1-11(2)12-5-3-7-14(9-12)19-17(22)20-15-8-4-6-13(10-15)16(18)21/h3-11H,1-2H3,(H2,18,21)(H2,19,20,22). The van der Waals surface area contributed by atoms with Gasteiger partial charge >= 0.3 is 0 Å². The Morgan fingerprint density at radius 2 is 1.64 bits per heavy atom. The number of amides is 1. The van der Waals surface area contributed by atoms with Crippen molar-refractivity contribution in [2.45, 2.75) is 19.8 Å². The first-order valence-corrected chi connectivity index (χ1v) is 7.44. The molecule has 0 aliphatic rings. The largest absolute Gasteiger partial charge is 0.366 e. The number of hydrogen-bond donors (Lipinski definition) is 3. The summed E-state index contributed by atoms with van der Waals surface area (Å²) in [5.74, 6) is -0.0114. The molecular formula is C17H19N3OS. The van der Waals surface area contributed by atoms with Crippen LogP contribution in [0.2, 0.25) is 0 Å². The van der Waals surface area contributed by atoms with Crippen LogP contribution in [0.25, 0.3) is 0 Å². The van der Waals surface area contributed by atoms with Gasteiger partial charge in [0.2, 0.25) is 5.91 Å². The van der Waals surface area contributed by atoms with Gasteiger partial charge in [-0.3, -0.25) is 4.79 Å². The van der Waals surface area contributed by atoms with Crippen molar-refractivity contribution in [3.8, 4) is 0 Å². The Kier molecular flexibility index (Phi) is 5.12. The van der Waals surface area contributed by atoms with Crippen molar-refractivity contribution in [2.24, 2.45) is 5.73 Å². The van der Waals surface area contributed by atoms with Crippen LogP contribution >= 0.6 is 12.2 Å².